The van der Waals surface area contributed by atoms with E-state index in [-0.39, 0.29) is 5.91 Å². The average Bonchev–Trinajstić information content (AvgIpc) is 3.28. The molecule has 122 valence electrons. The highest BCUT2D eigenvalue weighted by atomic mass is 35.5. The molecule has 22 heavy (non-hydrogen) atoms. The number of carbonyl (C=O) groups excluding carboxylic acids is 1. The first-order valence-electron chi connectivity index (χ1n) is 7.84. The third-order valence-corrected chi connectivity index (χ3v) is 4.29. The second kappa shape index (κ2) is 8.58. The second-order valence-corrected chi connectivity index (χ2v) is 6.78. The maximum Gasteiger partial charge on any atom is 0.230 e. The van der Waals surface area contributed by atoms with Crippen molar-refractivity contribution in [3.8, 4) is 0 Å². The van der Waals surface area contributed by atoms with Crippen molar-refractivity contribution in [3.05, 3.63) is 11.2 Å². The van der Waals surface area contributed by atoms with E-state index >= 15 is 0 Å². The van der Waals surface area contributed by atoms with Crippen molar-refractivity contribution in [1.82, 2.24) is 15.3 Å². The molecule has 0 atom stereocenters. The predicted octanol–water partition coefficient (Wildman–Crippen LogP) is 3.13. The van der Waals surface area contributed by atoms with E-state index in [2.05, 4.69) is 34.0 Å². The van der Waals surface area contributed by atoms with Crippen molar-refractivity contribution in [3.63, 3.8) is 0 Å². The van der Waals surface area contributed by atoms with Crippen LogP contribution in [-0.4, -0.2) is 40.8 Å². The van der Waals surface area contributed by atoms with Crippen molar-refractivity contribution >= 4 is 35.1 Å². The van der Waals surface area contributed by atoms with Crippen LogP contribution in [0.5, 0.6) is 0 Å². The highest BCUT2D eigenvalue weighted by molar-refractivity contribution is 7.99. The molecule has 1 aromatic heterocycles. The summed E-state index contributed by atoms with van der Waals surface area (Å²) in [6.45, 7) is 6.16. The average molecular weight is 343 g/mol. The molecule has 1 saturated carbocycles. The molecule has 2 rings (SSSR count). The van der Waals surface area contributed by atoms with E-state index < -0.39 is 0 Å². The van der Waals surface area contributed by atoms with Crippen LogP contribution in [0.2, 0.25) is 5.15 Å². The fourth-order valence-corrected chi connectivity index (χ4v) is 3.01. The number of thioether (sulfide) groups is 1. The second-order valence-electron chi connectivity index (χ2n) is 5.45. The van der Waals surface area contributed by atoms with Gasteiger partial charge in [0.05, 0.1) is 5.75 Å². The quantitative estimate of drug-likeness (QED) is 0.424. The number of hydrogen-bond donors (Lipinski definition) is 1. The van der Waals surface area contributed by atoms with Gasteiger partial charge in [-0.2, -0.15) is 0 Å². The van der Waals surface area contributed by atoms with E-state index in [0.29, 0.717) is 22.1 Å². The Labute approximate surface area is 141 Å². The van der Waals surface area contributed by atoms with Gasteiger partial charge in [-0.25, -0.2) is 9.97 Å². The Hall–Kier alpha value is -1.01. The lowest BCUT2D eigenvalue weighted by molar-refractivity contribution is -0.118. The van der Waals surface area contributed by atoms with E-state index in [9.17, 15) is 4.79 Å². The summed E-state index contributed by atoms with van der Waals surface area (Å²) in [4.78, 5) is 22.7. The number of nitrogens with zero attached hydrogens (tertiary/aromatic N) is 3. The molecule has 1 fully saturated rings. The van der Waals surface area contributed by atoms with Gasteiger partial charge in [0.15, 0.2) is 5.16 Å². The van der Waals surface area contributed by atoms with Crippen LogP contribution in [0.25, 0.3) is 0 Å². The molecule has 1 heterocycles. The van der Waals surface area contributed by atoms with Gasteiger partial charge in [-0.15, -0.1) is 0 Å². The monoisotopic (exact) mass is 342 g/mol. The largest absolute Gasteiger partial charge is 0.356 e. The highest BCUT2D eigenvalue weighted by Crippen LogP contribution is 2.23. The Kier molecular flexibility index (Phi) is 6.76. The summed E-state index contributed by atoms with van der Waals surface area (Å²) in [6, 6.07) is 2.18. The van der Waals surface area contributed by atoms with Crippen LogP contribution in [0.1, 0.15) is 39.5 Å². The van der Waals surface area contributed by atoms with Crippen LogP contribution in [0.4, 0.5) is 5.82 Å². The molecular weight excluding hydrogens is 320 g/mol. The molecule has 0 radical (unpaired) electrons. The Morgan fingerprint density at radius 3 is 2.64 bits per heavy atom. The van der Waals surface area contributed by atoms with Crippen LogP contribution in [-0.2, 0) is 4.79 Å². The number of anilines is 1. The zero-order valence-electron chi connectivity index (χ0n) is 13.1. The van der Waals surface area contributed by atoms with Crippen LogP contribution >= 0.6 is 23.4 Å². The van der Waals surface area contributed by atoms with Crippen molar-refractivity contribution in [1.29, 1.82) is 0 Å². The topological polar surface area (TPSA) is 58.1 Å². The molecule has 0 bridgehead atoms. The van der Waals surface area contributed by atoms with Crippen molar-refractivity contribution in [2.75, 3.05) is 23.7 Å². The molecule has 0 saturated heterocycles. The minimum Gasteiger partial charge on any atom is -0.356 e. The number of nitrogens with one attached hydrogen (secondary N) is 1. The molecule has 1 N–H and O–H groups in total. The summed E-state index contributed by atoms with van der Waals surface area (Å²) in [5, 5.41) is 3.94. The number of halogens is 1. The number of rotatable bonds is 9. The Bertz CT molecular complexity index is 504. The fourth-order valence-electron chi connectivity index (χ4n) is 2.12. The first-order valence-corrected chi connectivity index (χ1v) is 9.20. The molecule has 0 spiro atoms. The summed E-state index contributed by atoms with van der Waals surface area (Å²) in [5.41, 5.74) is 0. The van der Waals surface area contributed by atoms with E-state index in [0.717, 1.165) is 44.6 Å². The van der Waals surface area contributed by atoms with Gasteiger partial charge in [0.1, 0.15) is 11.0 Å². The van der Waals surface area contributed by atoms with E-state index in [1.807, 2.05) is 0 Å². The standard InChI is InChI=1S/C15H23ClN4OS/c1-3-7-20(8-4-2)13-9-12(16)18-15(19-13)22-10-14(21)17-11-5-6-11/h9,11H,3-8,10H2,1-2H3,(H,17,21). The van der Waals surface area contributed by atoms with Gasteiger partial charge in [-0.3, -0.25) is 4.79 Å². The van der Waals surface area contributed by atoms with Gasteiger partial charge >= 0.3 is 0 Å². The Morgan fingerprint density at radius 2 is 2.05 bits per heavy atom. The normalized spacial score (nSPS) is 14.0. The summed E-state index contributed by atoms with van der Waals surface area (Å²) >= 11 is 7.45. The maximum absolute atomic E-state index is 11.7. The van der Waals surface area contributed by atoms with E-state index in [4.69, 9.17) is 11.6 Å². The molecule has 1 aliphatic rings. The van der Waals surface area contributed by atoms with E-state index in [1.54, 1.807) is 6.07 Å². The van der Waals surface area contributed by atoms with Gasteiger partial charge in [-0.05, 0) is 25.7 Å². The first-order chi connectivity index (χ1) is 10.6. The van der Waals surface area contributed by atoms with Crippen LogP contribution < -0.4 is 10.2 Å². The first kappa shape index (κ1) is 17.3. The number of hydrogen-bond acceptors (Lipinski definition) is 5. The number of carbonyl (C=O) groups is 1. The third-order valence-electron chi connectivity index (χ3n) is 3.25. The minimum absolute atomic E-state index is 0.0385. The lowest BCUT2D eigenvalue weighted by Gasteiger charge is -2.22. The minimum atomic E-state index is 0.0385. The van der Waals surface area contributed by atoms with Crippen LogP contribution in [0, 0.1) is 0 Å². The predicted molar refractivity (Wildman–Crippen MR) is 91.7 cm³/mol. The molecule has 7 heteroatoms. The summed E-state index contributed by atoms with van der Waals surface area (Å²) < 4.78 is 0. The van der Waals surface area contributed by atoms with Gasteiger partial charge in [0.25, 0.3) is 0 Å². The fraction of sp³-hybridized carbons (Fsp3) is 0.667. The lowest BCUT2D eigenvalue weighted by atomic mass is 10.3. The van der Waals surface area contributed by atoms with Gasteiger partial charge < -0.3 is 10.2 Å². The van der Waals surface area contributed by atoms with Crippen molar-refractivity contribution in [2.24, 2.45) is 0 Å². The molecule has 5 nitrogen and oxygen atoms in total. The Balaban J connectivity index is 1.99. The molecule has 0 aliphatic heterocycles. The highest BCUT2D eigenvalue weighted by Gasteiger charge is 2.23. The number of amides is 1. The van der Waals surface area contributed by atoms with Crippen molar-refractivity contribution in [2.45, 2.75) is 50.7 Å². The van der Waals surface area contributed by atoms with Gasteiger partial charge in [0.2, 0.25) is 5.91 Å². The molecule has 1 aliphatic carbocycles. The number of aromatic nitrogens is 2. The molecule has 0 unspecified atom stereocenters. The summed E-state index contributed by atoms with van der Waals surface area (Å²) in [7, 11) is 0. The molecule has 1 aromatic rings. The lowest BCUT2D eigenvalue weighted by Crippen LogP contribution is -2.27. The SMILES string of the molecule is CCCN(CCC)c1cc(Cl)nc(SCC(=O)NC2CC2)n1. The van der Waals surface area contributed by atoms with Gasteiger partial charge in [-0.1, -0.05) is 37.2 Å². The summed E-state index contributed by atoms with van der Waals surface area (Å²) in [6.07, 6.45) is 4.29. The zero-order chi connectivity index (χ0) is 15.9. The zero-order valence-corrected chi connectivity index (χ0v) is 14.7. The van der Waals surface area contributed by atoms with Crippen molar-refractivity contribution < 1.29 is 4.79 Å². The van der Waals surface area contributed by atoms with E-state index in [1.165, 1.54) is 11.8 Å². The molecule has 1 amide bonds. The third kappa shape index (κ3) is 5.65. The smallest absolute Gasteiger partial charge is 0.230 e. The molecular formula is C15H23ClN4OS. The Morgan fingerprint density at radius 1 is 1.36 bits per heavy atom. The van der Waals surface area contributed by atoms with Crippen LogP contribution in [0.3, 0.4) is 0 Å². The molecule has 0 aromatic carbocycles. The van der Waals surface area contributed by atoms with Gasteiger partial charge in [0, 0.05) is 25.2 Å². The van der Waals surface area contributed by atoms with Crippen LogP contribution in [0.15, 0.2) is 11.2 Å². The summed E-state index contributed by atoms with van der Waals surface area (Å²) in [5.74, 6) is 1.21. The maximum atomic E-state index is 11.7.